The second-order valence-corrected chi connectivity index (χ2v) is 5.64. The predicted octanol–water partition coefficient (Wildman–Crippen LogP) is 4.11. The number of hydrogen-bond acceptors (Lipinski definition) is 1. The maximum atomic E-state index is 12.2. The van der Waals surface area contributed by atoms with E-state index in [2.05, 4.69) is 28.8 Å². The van der Waals surface area contributed by atoms with Crippen molar-refractivity contribution in [2.45, 2.75) is 32.7 Å². The molecule has 3 nitrogen and oxygen atoms in total. The van der Waals surface area contributed by atoms with Crippen molar-refractivity contribution in [2.24, 2.45) is 0 Å². The zero-order chi connectivity index (χ0) is 14.8. The summed E-state index contributed by atoms with van der Waals surface area (Å²) in [5, 5.41) is 6.04. The summed E-state index contributed by atoms with van der Waals surface area (Å²) in [6, 6.07) is 14.2. The molecule has 1 aliphatic carbocycles. The Bertz CT molecular complexity index is 679. The van der Waals surface area contributed by atoms with E-state index in [0.29, 0.717) is 0 Å². The molecule has 0 fully saturated rings. The zero-order valence-electron chi connectivity index (χ0n) is 12.4. The molecular formula is C18H20N2O. The molecule has 0 saturated heterocycles. The van der Waals surface area contributed by atoms with Gasteiger partial charge in [-0.1, -0.05) is 36.4 Å². The Kier molecular flexibility index (Phi) is 3.65. The minimum atomic E-state index is -0.134. The van der Waals surface area contributed by atoms with Gasteiger partial charge in [-0.25, -0.2) is 4.79 Å². The van der Waals surface area contributed by atoms with Crippen LogP contribution in [-0.2, 0) is 6.42 Å². The van der Waals surface area contributed by atoms with Crippen molar-refractivity contribution in [3.8, 4) is 0 Å². The van der Waals surface area contributed by atoms with Crippen molar-refractivity contribution in [1.29, 1.82) is 0 Å². The fourth-order valence-electron chi connectivity index (χ4n) is 2.91. The predicted molar refractivity (Wildman–Crippen MR) is 85.6 cm³/mol. The molecule has 2 amide bonds. The number of fused-ring (bicyclic) bond motifs is 1. The highest BCUT2D eigenvalue weighted by Crippen LogP contribution is 2.30. The van der Waals surface area contributed by atoms with Crippen molar-refractivity contribution < 1.29 is 4.79 Å². The van der Waals surface area contributed by atoms with Crippen LogP contribution in [0.1, 0.15) is 34.7 Å². The number of rotatable bonds is 2. The highest BCUT2D eigenvalue weighted by atomic mass is 16.2. The average Bonchev–Trinajstić information content (AvgIpc) is 2.87. The molecule has 0 saturated carbocycles. The van der Waals surface area contributed by atoms with Gasteiger partial charge in [0.25, 0.3) is 0 Å². The molecule has 0 heterocycles. The van der Waals surface area contributed by atoms with Crippen LogP contribution >= 0.6 is 0 Å². The molecule has 21 heavy (non-hydrogen) atoms. The van der Waals surface area contributed by atoms with Gasteiger partial charge in [0.05, 0.1) is 6.04 Å². The largest absolute Gasteiger partial charge is 0.331 e. The fraction of sp³-hybridized carbons (Fsp3) is 0.278. The molecule has 2 aromatic rings. The van der Waals surface area contributed by atoms with Gasteiger partial charge in [0.1, 0.15) is 0 Å². The summed E-state index contributed by atoms with van der Waals surface area (Å²) < 4.78 is 0. The minimum Gasteiger partial charge on any atom is -0.331 e. The SMILES string of the molecule is Cc1cccc(NC(=O)NC2CCc3ccccc32)c1C. The van der Waals surface area contributed by atoms with Crippen molar-refractivity contribution in [3.05, 3.63) is 64.7 Å². The van der Waals surface area contributed by atoms with E-state index in [9.17, 15) is 4.79 Å². The minimum absolute atomic E-state index is 0.117. The van der Waals surface area contributed by atoms with Crippen molar-refractivity contribution in [2.75, 3.05) is 5.32 Å². The first-order valence-corrected chi connectivity index (χ1v) is 7.36. The van der Waals surface area contributed by atoms with Gasteiger partial charge in [0, 0.05) is 5.69 Å². The van der Waals surface area contributed by atoms with Crippen LogP contribution in [0.25, 0.3) is 0 Å². The van der Waals surface area contributed by atoms with Crippen LogP contribution in [0.2, 0.25) is 0 Å². The number of amides is 2. The Balaban J connectivity index is 1.69. The molecule has 0 spiro atoms. The van der Waals surface area contributed by atoms with Crippen molar-refractivity contribution in [3.63, 3.8) is 0 Å². The summed E-state index contributed by atoms with van der Waals surface area (Å²) >= 11 is 0. The van der Waals surface area contributed by atoms with Gasteiger partial charge in [-0.3, -0.25) is 0 Å². The third kappa shape index (κ3) is 2.77. The second-order valence-electron chi connectivity index (χ2n) is 5.64. The Labute approximate surface area is 125 Å². The summed E-state index contributed by atoms with van der Waals surface area (Å²) in [6.07, 6.45) is 2.00. The summed E-state index contributed by atoms with van der Waals surface area (Å²) in [5.41, 5.74) is 5.75. The lowest BCUT2D eigenvalue weighted by Gasteiger charge is -2.16. The lowest BCUT2D eigenvalue weighted by atomic mass is 10.1. The van der Waals surface area contributed by atoms with Gasteiger partial charge in [-0.15, -0.1) is 0 Å². The number of anilines is 1. The van der Waals surface area contributed by atoms with E-state index < -0.39 is 0 Å². The first-order valence-electron chi connectivity index (χ1n) is 7.36. The first-order chi connectivity index (χ1) is 10.1. The van der Waals surface area contributed by atoms with E-state index in [4.69, 9.17) is 0 Å². The molecule has 1 atom stereocenters. The summed E-state index contributed by atoms with van der Waals surface area (Å²) in [5.74, 6) is 0. The van der Waals surface area contributed by atoms with Crippen LogP contribution < -0.4 is 10.6 Å². The number of aryl methyl sites for hydroxylation is 2. The quantitative estimate of drug-likeness (QED) is 0.854. The normalized spacial score (nSPS) is 16.4. The highest BCUT2D eigenvalue weighted by molar-refractivity contribution is 5.90. The maximum absolute atomic E-state index is 12.2. The Hall–Kier alpha value is -2.29. The first kappa shape index (κ1) is 13.7. The van der Waals surface area contributed by atoms with E-state index >= 15 is 0 Å². The summed E-state index contributed by atoms with van der Waals surface area (Å²) in [6.45, 7) is 4.07. The van der Waals surface area contributed by atoms with Crippen molar-refractivity contribution >= 4 is 11.7 Å². The van der Waals surface area contributed by atoms with E-state index in [1.165, 1.54) is 16.7 Å². The van der Waals surface area contributed by atoms with E-state index in [0.717, 1.165) is 24.1 Å². The number of hydrogen-bond donors (Lipinski definition) is 2. The Morgan fingerprint density at radius 2 is 1.90 bits per heavy atom. The lowest BCUT2D eigenvalue weighted by molar-refractivity contribution is 0.248. The molecule has 108 valence electrons. The molecule has 1 unspecified atom stereocenters. The van der Waals surface area contributed by atoms with Crippen LogP contribution in [0, 0.1) is 13.8 Å². The number of benzene rings is 2. The van der Waals surface area contributed by atoms with Crippen LogP contribution in [0.15, 0.2) is 42.5 Å². The van der Waals surface area contributed by atoms with Gasteiger partial charge in [0.15, 0.2) is 0 Å². The van der Waals surface area contributed by atoms with E-state index in [1.54, 1.807) is 0 Å². The smallest absolute Gasteiger partial charge is 0.319 e. The molecule has 3 heteroatoms. The number of urea groups is 1. The lowest BCUT2D eigenvalue weighted by Crippen LogP contribution is -2.31. The molecule has 2 N–H and O–H groups in total. The average molecular weight is 280 g/mol. The van der Waals surface area contributed by atoms with Crippen LogP contribution in [0.5, 0.6) is 0 Å². The molecule has 2 aromatic carbocycles. The van der Waals surface area contributed by atoms with E-state index in [-0.39, 0.29) is 12.1 Å². The van der Waals surface area contributed by atoms with Gasteiger partial charge >= 0.3 is 6.03 Å². The summed E-state index contributed by atoms with van der Waals surface area (Å²) in [4.78, 5) is 12.2. The van der Waals surface area contributed by atoms with Gasteiger partial charge < -0.3 is 10.6 Å². The van der Waals surface area contributed by atoms with Gasteiger partial charge in [-0.05, 0) is 55.0 Å². The Morgan fingerprint density at radius 3 is 2.76 bits per heavy atom. The number of nitrogens with one attached hydrogen (secondary N) is 2. The summed E-state index contributed by atoms with van der Waals surface area (Å²) in [7, 11) is 0. The standard InChI is InChI=1S/C18H20N2O/c1-12-6-5-9-16(13(12)2)19-18(21)20-17-11-10-14-7-3-4-8-15(14)17/h3-9,17H,10-11H2,1-2H3,(H2,19,20,21). The topological polar surface area (TPSA) is 41.1 Å². The van der Waals surface area contributed by atoms with Crippen LogP contribution in [-0.4, -0.2) is 6.03 Å². The zero-order valence-corrected chi connectivity index (χ0v) is 12.4. The molecule has 0 bridgehead atoms. The van der Waals surface area contributed by atoms with Gasteiger partial charge in [0.2, 0.25) is 0 Å². The number of carbonyl (C=O) groups is 1. The molecule has 3 rings (SSSR count). The molecule has 0 aliphatic heterocycles. The van der Waals surface area contributed by atoms with Crippen LogP contribution in [0.4, 0.5) is 10.5 Å². The molecule has 0 radical (unpaired) electrons. The monoisotopic (exact) mass is 280 g/mol. The molecule has 1 aliphatic rings. The molecule has 0 aromatic heterocycles. The fourth-order valence-corrected chi connectivity index (χ4v) is 2.91. The number of carbonyl (C=O) groups excluding carboxylic acids is 1. The van der Waals surface area contributed by atoms with Crippen molar-refractivity contribution in [1.82, 2.24) is 5.32 Å². The highest BCUT2D eigenvalue weighted by Gasteiger charge is 2.23. The maximum Gasteiger partial charge on any atom is 0.319 e. The molecular weight excluding hydrogens is 260 g/mol. The van der Waals surface area contributed by atoms with Crippen LogP contribution in [0.3, 0.4) is 0 Å². The second kappa shape index (κ2) is 5.60. The third-order valence-corrected chi connectivity index (χ3v) is 4.29. The van der Waals surface area contributed by atoms with Gasteiger partial charge in [-0.2, -0.15) is 0 Å². The Morgan fingerprint density at radius 1 is 1.10 bits per heavy atom. The third-order valence-electron chi connectivity index (χ3n) is 4.29. The van der Waals surface area contributed by atoms with E-state index in [1.807, 2.05) is 38.1 Å².